The van der Waals surface area contributed by atoms with Crippen LogP contribution in [0.2, 0.25) is 0 Å². The summed E-state index contributed by atoms with van der Waals surface area (Å²) in [5.74, 6) is -0.391. The Balaban J connectivity index is 2.66. The Morgan fingerprint density at radius 2 is 2.07 bits per heavy atom. The zero-order chi connectivity index (χ0) is 20.5. The number of allylic oxidation sites excluding steroid dienone is 2. The lowest BCUT2D eigenvalue weighted by Gasteiger charge is -2.32. The topological polar surface area (TPSA) is 78.8 Å². The van der Waals surface area contributed by atoms with Gasteiger partial charge in [0.15, 0.2) is 0 Å². The molecule has 1 aromatic rings. The van der Waals surface area contributed by atoms with Crippen molar-refractivity contribution < 1.29 is 14.4 Å². The molecule has 0 spiro atoms. The maximum atomic E-state index is 13.4. The second-order valence-corrected chi connectivity index (χ2v) is 6.34. The van der Waals surface area contributed by atoms with Crippen molar-refractivity contribution in [1.29, 1.82) is 0 Å². The summed E-state index contributed by atoms with van der Waals surface area (Å²) < 4.78 is 0. The number of aldehydes is 1. The smallest absolute Gasteiger partial charge is 0.259 e. The standard InChI is InChI=1S/C22H25N3O3/c1-16-10-7-8-14-24-20(18-11-5-4-6-12-18)25(22(28)17(16)2)19(13-9-15-26)21(27)23-3/h4-8,10-12,15,19H,2,9,13-14H2,1,3H3,(H,23,27)/b8-7-,16-10-,24-20-. The summed E-state index contributed by atoms with van der Waals surface area (Å²) >= 11 is 0. The van der Waals surface area contributed by atoms with Gasteiger partial charge in [-0.15, -0.1) is 0 Å². The normalized spacial score (nSPS) is 21.0. The van der Waals surface area contributed by atoms with Crippen molar-refractivity contribution in [3.8, 4) is 0 Å². The van der Waals surface area contributed by atoms with Crippen LogP contribution in [-0.2, 0) is 14.4 Å². The number of amides is 2. The highest BCUT2D eigenvalue weighted by molar-refractivity contribution is 6.15. The van der Waals surface area contributed by atoms with Crippen molar-refractivity contribution in [3.05, 3.63) is 71.8 Å². The number of nitrogens with zero attached hydrogens (tertiary/aromatic N) is 2. The van der Waals surface area contributed by atoms with Crippen LogP contribution in [-0.4, -0.2) is 48.5 Å². The molecule has 0 saturated heterocycles. The van der Waals surface area contributed by atoms with E-state index in [2.05, 4.69) is 16.9 Å². The largest absolute Gasteiger partial charge is 0.357 e. The van der Waals surface area contributed by atoms with Crippen LogP contribution in [0, 0.1) is 0 Å². The number of carbonyl (C=O) groups excluding carboxylic acids is 3. The molecule has 2 rings (SSSR count). The Labute approximate surface area is 165 Å². The number of rotatable bonds is 6. The number of amidine groups is 1. The van der Waals surface area contributed by atoms with Crippen LogP contribution in [0.3, 0.4) is 0 Å². The van der Waals surface area contributed by atoms with Crippen molar-refractivity contribution in [2.24, 2.45) is 4.99 Å². The molecule has 2 amide bonds. The van der Waals surface area contributed by atoms with Crippen molar-refractivity contribution >= 4 is 23.9 Å². The maximum absolute atomic E-state index is 13.4. The molecule has 28 heavy (non-hydrogen) atoms. The van der Waals surface area contributed by atoms with Gasteiger partial charge in [-0.2, -0.15) is 0 Å². The highest BCUT2D eigenvalue weighted by Crippen LogP contribution is 2.21. The zero-order valence-corrected chi connectivity index (χ0v) is 16.2. The Morgan fingerprint density at radius 1 is 1.36 bits per heavy atom. The third-order valence-electron chi connectivity index (χ3n) is 4.46. The Morgan fingerprint density at radius 3 is 2.71 bits per heavy atom. The molecule has 0 fully saturated rings. The molecule has 1 unspecified atom stereocenters. The van der Waals surface area contributed by atoms with Gasteiger partial charge in [-0.25, -0.2) is 0 Å². The molecule has 0 saturated carbocycles. The van der Waals surface area contributed by atoms with Crippen LogP contribution in [0.1, 0.15) is 25.3 Å². The molecule has 1 N–H and O–H groups in total. The second-order valence-electron chi connectivity index (χ2n) is 6.34. The molecule has 1 atom stereocenters. The van der Waals surface area contributed by atoms with Crippen molar-refractivity contribution in [2.45, 2.75) is 25.8 Å². The molecule has 6 heteroatoms. The molecule has 6 nitrogen and oxygen atoms in total. The average Bonchev–Trinajstić information content (AvgIpc) is 2.72. The summed E-state index contributed by atoms with van der Waals surface area (Å²) in [5, 5.41) is 2.59. The molecule has 1 aromatic carbocycles. The molecule has 0 radical (unpaired) electrons. The number of carbonyl (C=O) groups is 3. The van der Waals surface area contributed by atoms with E-state index >= 15 is 0 Å². The van der Waals surface area contributed by atoms with Gasteiger partial charge in [0.2, 0.25) is 5.91 Å². The molecule has 0 aliphatic carbocycles. The van der Waals surface area contributed by atoms with Gasteiger partial charge in [0.1, 0.15) is 18.2 Å². The minimum atomic E-state index is -0.880. The summed E-state index contributed by atoms with van der Waals surface area (Å²) in [6.07, 6.45) is 6.57. The number of hydrogen-bond donors (Lipinski definition) is 1. The fourth-order valence-corrected chi connectivity index (χ4v) is 2.88. The molecule has 1 aliphatic heterocycles. The fourth-order valence-electron chi connectivity index (χ4n) is 2.88. The van der Waals surface area contributed by atoms with E-state index in [1.807, 2.05) is 42.5 Å². The molecule has 1 heterocycles. The SMILES string of the molecule is C=C1C(=O)N(C(CCC=O)C(=O)NC)/C(c2ccccc2)=N\C/C=C\C=C/1C. The first-order valence-electron chi connectivity index (χ1n) is 9.12. The van der Waals surface area contributed by atoms with Crippen LogP contribution in [0.5, 0.6) is 0 Å². The lowest BCUT2D eigenvalue weighted by molar-refractivity contribution is -0.133. The van der Waals surface area contributed by atoms with Crippen molar-refractivity contribution in [2.75, 3.05) is 13.6 Å². The predicted octanol–water partition coefficient (Wildman–Crippen LogP) is 2.43. The first-order chi connectivity index (χ1) is 13.5. The van der Waals surface area contributed by atoms with Gasteiger partial charge in [-0.3, -0.25) is 19.5 Å². The van der Waals surface area contributed by atoms with Crippen LogP contribution >= 0.6 is 0 Å². The van der Waals surface area contributed by atoms with E-state index in [0.717, 1.165) is 6.29 Å². The van der Waals surface area contributed by atoms with Crippen LogP contribution in [0.4, 0.5) is 0 Å². The minimum Gasteiger partial charge on any atom is -0.357 e. The summed E-state index contributed by atoms with van der Waals surface area (Å²) in [6.45, 7) is 6.07. The summed E-state index contributed by atoms with van der Waals surface area (Å²) in [5.41, 5.74) is 1.68. The van der Waals surface area contributed by atoms with E-state index in [1.54, 1.807) is 13.0 Å². The van der Waals surface area contributed by atoms with E-state index in [-0.39, 0.29) is 24.3 Å². The number of nitrogens with one attached hydrogen (secondary N) is 1. The Kier molecular flexibility index (Phi) is 7.63. The molecule has 1 aliphatic rings. The van der Waals surface area contributed by atoms with E-state index < -0.39 is 11.9 Å². The van der Waals surface area contributed by atoms with Crippen LogP contribution < -0.4 is 5.32 Å². The zero-order valence-electron chi connectivity index (χ0n) is 16.2. The third-order valence-corrected chi connectivity index (χ3v) is 4.46. The number of benzene rings is 1. The number of likely N-dealkylation sites (N-methyl/N-ethyl adjacent to an activating group) is 1. The number of hydrogen-bond acceptors (Lipinski definition) is 4. The van der Waals surface area contributed by atoms with Gasteiger partial charge in [0.25, 0.3) is 5.91 Å². The van der Waals surface area contributed by atoms with Gasteiger partial charge in [0, 0.05) is 24.6 Å². The molecule has 0 aromatic heterocycles. The lowest BCUT2D eigenvalue weighted by Crippen LogP contribution is -2.52. The molecule has 0 bridgehead atoms. The van der Waals surface area contributed by atoms with E-state index in [1.165, 1.54) is 11.9 Å². The summed E-state index contributed by atoms with van der Waals surface area (Å²) in [6, 6.07) is 8.34. The van der Waals surface area contributed by atoms with Crippen molar-refractivity contribution in [1.82, 2.24) is 10.2 Å². The van der Waals surface area contributed by atoms with Gasteiger partial charge in [-0.05, 0) is 18.9 Å². The quantitative estimate of drug-likeness (QED) is 0.609. The summed E-state index contributed by atoms with van der Waals surface area (Å²) in [4.78, 5) is 43.0. The second kappa shape index (κ2) is 10.2. The van der Waals surface area contributed by atoms with Gasteiger partial charge in [0.05, 0.1) is 6.54 Å². The Hall–Kier alpha value is -3.28. The lowest BCUT2D eigenvalue weighted by atomic mass is 10.0. The third kappa shape index (κ3) is 4.91. The van der Waals surface area contributed by atoms with E-state index in [9.17, 15) is 14.4 Å². The minimum absolute atomic E-state index is 0.144. The Bertz CT molecular complexity index is 838. The molecular formula is C22H25N3O3. The highest BCUT2D eigenvalue weighted by atomic mass is 16.2. The maximum Gasteiger partial charge on any atom is 0.259 e. The first-order valence-corrected chi connectivity index (χ1v) is 9.12. The van der Waals surface area contributed by atoms with Crippen LogP contribution in [0.15, 0.2) is 71.3 Å². The average molecular weight is 379 g/mol. The van der Waals surface area contributed by atoms with E-state index in [4.69, 9.17) is 0 Å². The predicted molar refractivity (Wildman–Crippen MR) is 110 cm³/mol. The van der Waals surface area contributed by atoms with Gasteiger partial charge >= 0.3 is 0 Å². The molecular weight excluding hydrogens is 354 g/mol. The van der Waals surface area contributed by atoms with Gasteiger partial charge in [-0.1, -0.05) is 55.1 Å². The summed E-state index contributed by atoms with van der Waals surface area (Å²) in [7, 11) is 1.50. The van der Waals surface area contributed by atoms with E-state index in [0.29, 0.717) is 23.5 Å². The first kappa shape index (κ1) is 21.0. The monoisotopic (exact) mass is 379 g/mol. The van der Waals surface area contributed by atoms with Gasteiger partial charge < -0.3 is 10.1 Å². The van der Waals surface area contributed by atoms with Crippen LogP contribution in [0.25, 0.3) is 0 Å². The number of aliphatic imine (C=N–C) groups is 1. The molecule has 146 valence electrons. The fraction of sp³-hybridized carbons (Fsp3) is 0.273. The highest BCUT2D eigenvalue weighted by Gasteiger charge is 2.34. The van der Waals surface area contributed by atoms with Crippen molar-refractivity contribution in [3.63, 3.8) is 0 Å².